The van der Waals surface area contributed by atoms with Gasteiger partial charge in [0.05, 0.1) is 33.9 Å². The summed E-state index contributed by atoms with van der Waals surface area (Å²) in [6.45, 7) is 11.2. The number of benzene rings is 2. The summed E-state index contributed by atoms with van der Waals surface area (Å²) in [5, 5.41) is 1.34. The molecule has 0 saturated carbocycles. The highest BCUT2D eigenvalue weighted by molar-refractivity contribution is 7.21. The number of nitrogens with zero attached hydrogens (tertiary/aromatic N) is 5. The van der Waals surface area contributed by atoms with Crippen molar-refractivity contribution in [3.63, 3.8) is 0 Å². The highest BCUT2D eigenvalue weighted by Crippen LogP contribution is 2.35. The van der Waals surface area contributed by atoms with Crippen LogP contribution >= 0.6 is 11.3 Å². The van der Waals surface area contributed by atoms with Crippen LogP contribution in [-0.2, 0) is 6.42 Å². The van der Waals surface area contributed by atoms with Crippen molar-refractivity contribution < 1.29 is 0 Å². The Balaban J connectivity index is 1.60. The summed E-state index contributed by atoms with van der Waals surface area (Å²) in [4.78, 5) is 13.8. The van der Waals surface area contributed by atoms with Crippen LogP contribution < -0.4 is 14.8 Å². The number of fused-ring (bicyclic) bond motifs is 2. The summed E-state index contributed by atoms with van der Waals surface area (Å²) in [5.74, 6) is 0. The fraction of sp³-hybridized carbons (Fsp3) is 0.520. The van der Waals surface area contributed by atoms with Gasteiger partial charge in [-0.3, -0.25) is 4.90 Å². The normalized spacial score (nSPS) is 18.9. The Labute approximate surface area is 189 Å². The Hall–Kier alpha value is -2.02. The van der Waals surface area contributed by atoms with Gasteiger partial charge >= 0.3 is 0 Å². The van der Waals surface area contributed by atoms with Crippen molar-refractivity contribution in [1.82, 2.24) is 19.4 Å². The van der Waals surface area contributed by atoms with Crippen LogP contribution in [0.3, 0.4) is 0 Å². The summed E-state index contributed by atoms with van der Waals surface area (Å²) in [5.41, 5.74) is 5.09. The number of rotatable bonds is 3. The number of anilines is 1. The van der Waals surface area contributed by atoms with Crippen LogP contribution in [0.15, 0.2) is 30.3 Å². The van der Waals surface area contributed by atoms with Crippen LogP contribution in [0, 0.1) is 0 Å². The van der Waals surface area contributed by atoms with Crippen LogP contribution in [0.5, 0.6) is 0 Å². The maximum absolute atomic E-state index is 5.15. The largest absolute Gasteiger partial charge is 0.369 e. The summed E-state index contributed by atoms with van der Waals surface area (Å²) in [7, 11) is 4.43. The molecule has 1 aliphatic carbocycles. The molecular weight excluding hydrogens is 402 g/mol. The zero-order valence-electron chi connectivity index (χ0n) is 19.1. The van der Waals surface area contributed by atoms with Crippen molar-refractivity contribution in [2.24, 2.45) is 0 Å². The van der Waals surface area contributed by atoms with Crippen LogP contribution in [0.2, 0.25) is 0 Å². The first-order valence-electron chi connectivity index (χ1n) is 11.7. The van der Waals surface area contributed by atoms with E-state index in [1.807, 2.05) is 11.3 Å². The molecule has 4 aliphatic rings. The molecule has 0 N–H and O–H groups in total. The van der Waals surface area contributed by atoms with Gasteiger partial charge in [-0.2, -0.15) is 0 Å². The van der Waals surface area contributed by atoms with Gasteiger partial charge < -0.3 is 9.80 Å². The molecule has 5 nitrogen and oxygen atoms in total. The minimum atomic E-state index is 1.09. The molecular formula is C25H34N5S+. The van der Waals surface area contributed by atoms with E-state index in [0.717, 1.165) is 70.9 Å². The first-order valence-corrected chi connectivity index (χ1v) is 12.5. The second-order valence-electron chi connectivity index (χ2n) is 9.15. The molecule has 0 bridgehead atoms. The molecule has 3 aliphatic heterocycles. The van der Waals surface area contributed by atoms with E-state index >= 15 is 0 Å². The van der Waals surface area contributed by atoms with Crippen molar-refractivity contribution in [1.29, 1.82) is 0 Å². The molecule has 164 valence electrons. The molecule has 0 radical (unpaired) electrons. The highest BCUT2D eigenvalue weighted by atomic mass is 32.1. The maximum Gasteiger partial charge on any atom is 0.201 e. The Kier molecular flexibility index (Phi) is 5.95. The van der Waals surface area contributed by atoms with Gasteiger partial charge in [0.25, 0.3) is 0 Å². The van der Waals surface area contributed by atoms with Crippen molar-refractivity contribution in [2.45, 2.75) is 19.8 Å². The van der Waals surface area contributed by atoms with Gasteiger partial charge in [0.2, 0.25) is 5.36 Å². The van der Waals surface area contributed by atoms with E-state index in [0.29, 0.717) is 0 Å². The van der Waals surface area contributed by atoms with E-state index < -0.39 is 0 Å². The van der Waals surface area contributed by atoms with Gasteiger partial charge in [0, 0.05) is 44.0 Å². The summed E-state index contributed by atoms with van der Waals surface area (Å²) in [6, 6.07) is 11.6. The molecule has 1 aromatic rings. The Morgan fingerprint density at radius 3 is 2.42 bits per heavy atom. The predicted molar refractivity (Wildman–Crippen MR) is 132 cm³/mol. The number of aryl methyl sites for hydroxylation is 1. The number of hydrogen-bond acceptors (Lipinski definition) is 5. The molecule has 0 aromatic heterocycles. The van der Waals surface area contributed by atoms with E-state index in [9.17, 15) is 0 Å². The smallest absolute Gasteiger partial charge is 0.201 e. The molecule has 0 amide bonds. The molecule has 3 heterocycles. The predicted octanol–water partition coefficient (Wildman–Crippen LogP) is 2.82. The van der Waals surface area contributed by atoms with E-state index in [4.69, 9.17) is 4.98 Å². The second kappa shape index (κ2) is 8.85. The quantitative estimate of drug-likeness (QED) is 0.466. The molecule has 0 atom stereocenters. The maximum atomic E-state index is 5.15. The van der Waals surface area contributed by atoms with Crippen LogP contribution in [0.1, 0.15) is 18.9 Å². The number of piperazine rings is 2. The molecule has 0 unspecified atom stereocenters. The third-order valence-corrected chi connectivity index (χ3v) is 7.87. The van der Waals surface area contributed by atoms with Gasteiger partial charge in [0.1, 0.15) is 0 Å². The summed E-state index contributed by atoms with van der Waals surface area (Å²) >= 11 is 1.91. The minimum absolute atomic E-state index is 1.09. The van der Waals surface area contributed by atoms with Gasteiger partial charge in [0.15, 0.2) is 13.1 Å². The van der Waals surface area contributed by atoms with Crippen molar-refractivity contribution >= 4 is 27.2 Å². The standard InChI is InChI=1S/C25H34N5S/c1-4-5-19-16-21(30-14-10-28(3)11-15-30)18-24-25(19)26-22-7-6-20(17-23(22)31-24)29-12-8-27(2)9-13-29/h6-7,16-18H,4-5,8-15H2,1-3H3/q+1. The van der Waals surface area contributed by atoms with E-state index in [2.05, 4.69) is 70.6 Å². The average Bonchev–Trinajstić information content (AvgIpc) is 2.78. The Morgan fingerprint density at radius 1 is 0.935 bits per heavy atom. The average molecular weight is 437 g/mol. The van der Waals surface area contributed by atoms with Crippen molar-refractivity contribution in [3.05, 3.63) is 41.3 Å². The third kappa shape index (κ3) is 4.34. The molecule has 0 spiro atoms. The highest BCUT2D eigenvalue weighted by Gasteiger charge is 2.19. The van der Waals surface area contributed by atoms with Gasteiger partial charge in [-0.25, -0.2) is 9.56 Å². The van der Waals surface area contributed by atoms with E-state index in [1.54, 1.807) is 0 Å². The first-order chi connectivity index (χ1) is 15.1. The SMILES string of the molecule is CCCc1cc(N2CCN(C)CC2)cc2sc3cc(=[N+]4CCN(C)CC4)ccc-3nc12. The number of hydrogen-bond donors (Lipinski definition) is 0. The Morgan fingerprint density at radius 2 is 1.68 bits per heavy atom. The lowest BCUT2D eigenvalue weighted by Crippen LogP contribution is -2.46. The zero-order chi connectivity index (χ0) is 21.4. The molecule has 2 saturated heterocycles. The topological polar surface area (TPSA) is 25.6 Å². The molecule has 5 rings (SSSR count). The molecule has 6 heteroatoms. The van der Waals surface area contributed by atoms with Gasteiger partial charge in [-0.15, -0.1) is 11.3 Å². The van der Waals surface area contributed by atoms with Crippen molar-refractivity contribution in [3.8, 4) is 10.6 Å². The monoisotopic (exact) mass is 436 g/mol. The number of aromatic nitrogens is 1. The van der Waals surface area contributed by atoms with Crippen LogP contribution in [0.25, 0.3) is 20.8 Å². The lowest BCUT2D eigenvalue weighted by Gasteiger charge is -2.34. The van der Waals surface area contributed by atoms with Crippen molar-refractivity contribution in [2.75, 3.05) is 71.4 Å². The molecule has 31 heavy (non-hydrogen) atoms. The lowest BCUT2D eigenvalue weighted by molar-refractivity contribution is 0.267. The molecule has 2 fully saturated rings. The number of likely N-dealkylation sites (N-methyl/N-ethyl adjacent to an activating group) is 2. The summed E-state index contributed by atoms with van der Waals surface area (Å²) in [6.07, 6.45) is 2.23. The first kappa shape index (κ1) is 20.9. The fourth-order valence-electron chi connectivity index (χ4n) is 4.74. The van der Waals surface area contributed by atoms with Gasteiger partial charge in [-0.1, -0.05) is 13.3 Å². The third-order valence-electron chi connectivity index (χ3n) is 6.79. The fourth-order valence-corrected chi connectivity index (χ4v) is 5.83. The molecule has 1 aromatic carbocycles. The van der Waals surface area contributed by atoms with Crippen LogP contribution in [-0.4, -0.2) is 81.2 Å². The lowest BCUT2D eigenvalue weighted by atomic mass is 10.1. The second-order valence-corrected chi connectivity index (χ2v) is 10.2. The van der Waals surface area contributed by atoms with E-state index in [-0.39, 0.29) is 0 Å². The van der Waals surface area contributed by atoms with Gasteiger partial charge in [-0.05, 0) is 44.3 Å². The van der Waals surface area contributed by atoms with Crippen LogP contribution in [0.4, 0.5) is 5.69 Å². The summed E-state index contributed by atoms with van der Waals surface area (Å²) < 4.78 is 3.84. The Bertz CT molecular complexity index is 1100. The minimum Gasteiger partial charge on any atom is -0.369 e. The zero-order valence-corrected chi connectivity index (χ0v) is 19.9. The van der Waals surface area contributed by atoms with E-state index in [1.165, 1.54) is 31.7 Å².